The second-order valence-corrected chi connectivity index (χ2v) is 6.97. The summed E-state index contributed by atoms with van der Waals surface area (Å²) in [7, 11) is 4.74. The van der Waals surface area contributed by atoms with Crippen molar-refractivity contribution in [3.63, 3.8) is 0 Å². The van der Waals surface area contributed by atoms with Crippen molar-refractivity contribution < 1.29 is 19.0 Å². The van der Waals surface area contributed by atoms with Crippen molar-refractivity contribution in [2.75, 3.05) is 27.1 Å². The molecule has 152 valence electrons. The number of benzene rings is 2. The first-order valence-electron chi connectivity index (χ1n) is 9.07. The number of para-hydroxylation sites is 1. The van der Waals surface area contributed by atoms with E-state index in [2.05, 4.69) is 10.2 Å². The van der Waals surface area contributed by atoms with E-state index in [9.17, 15) is 4.79 Å². The average Bonchev–Trinajstić information content (AvgIpc) is 3.19. The van der Waals surface area contributed by atoms with Gasteiger partial charge in [0, 0.05) is 12.1 Å². The fraction of sp³-hybridized carbons (Fsp3) is 0.286. The molecule has 0 saturated heterocycles. The minimum absolute atomic E-state index is 0.0274. The third-order valence-corrected chi connectivity index (χ3v) is 5.39. The van der Waals surface area contributed by atoms with Gasteiger partial charge in [0.15, 0.2) is 28.3 Å². The van der Waals surface area contributed by atoms with Crippen molar-refractivity contribution >= 4 is 17.5 Å². The van der Waals surface area contributed by atoms with Crippen LogP contribution in [-0.4, -0.2) is 47.6 Å². The zero-order chi connectivity index (χ0) is 20.8. The highest BCUT2D eigenvalue weighted by Crippen LogP contribution is 2.32. The number of nitrogens with zero attached hydrogens (tertiary/aromatic N) is 3. The van der Waals surface area contributed by atoms with E-state index in [1.54, 1.807) is 39.5 Å². The number of hydrogen-bond acceptors (Lipinski definition) is 7. The summed E-state index contributed by atoms with van der Waals surface area (Å²) in [6.07, 6.45) is 0. The van der Waals surface area contributed by atoms with Gasteiger partial charge in [-0.2, -0.15) is 0 Å². The molecular weight excluding hydrogens is 390 g/mol. The first kappa shape index (κ1) is 20.7. The lowest BCUT2D eigenvalue weighted by molar-refractivity contribution is 0.102. The van der Waals surface area contributed by atoms with E-state index in [1.165, 1.54) is 11.8 Å². The van der Waals surface area contributed by atoms with Crippen LogP contribution in [0.5, 0.6) is 17.2 Å². The number of hydrogen-bond donors (Lipinski definition) is 0. The molecule has 0 bridgehead atoms. The van der Waals surface area contributed by atoms with E-state index >= 15 is 0 Å². The lowest BCUT2D eigenvalue weighted by atomic mass is 10.1. The fourth-order valence-electron chi connectivity index (χ4n) is 2.93. The zero-order valence-corrected chi connectivity index (χ0v) is 17.7. The summed E-state index contributed by atoms with van der Waals surface area (Å²) < 4.78 is 17.9. The highest BCUT2D eigenvalue weighted by atomic mass is 32.2. The third kappa shape index (κ3) is 4.37. The molecule has 0 fully saturated rings. The van der Waals surface area contributed by atoms with E-state index in [1.807, 2.05) is 35.8 Å². The highest BCUT2D eigenvalue weighted by Gasteiger charge is 2.18. The lowest BCUT2D eigenvalue weighted by Gasteiger charge is -2.10. The van der Waals surface area contributed by atoms with Crippen molar-refractivity contribution in [1.82, 2.24) is 14.8 Å². The van der Waals surface area contributed by atoms with Crippen LogP contribution in [0.25, 0.3) is 11.4 Å². The van der Waals surface area contributed by atoms with Gasteiger partial charge in [-0.3, -0.25) is 4.79 Å². The molecule has 3 aromatic rings. The minimum atomic E-state index is -0.0274. The predicted octanol–water partition coefficient (Wildman–Crippen LogP) is 3.97. The number of ether oxygens (including phenoxy) is 3. The van der Waals surface area contributed by atoms with Crippen LogP contribution in [0.1, 0.15) is 17.3 Å². The van der Waals surface area contributed by atoms with Crippen LogP contribution >= 0.6 is 11.8 Å². The maximum absolute atomic E-state index is 12.7. The zero-order valence-electron chi connectivity index (χ0n) is 16.8. The van der Waals surface area contributed by atoms with Crippen LogP contribution < -0.4 is 14.2 Å². The van der Waals surface area contributed by atoms with Gasteiger partial charge < -0.3 is 18.8 Å². The Morgan fingerprint density at radius 1 is 0.966 bits per heavy atom. The first-order chi connectivity index (χ1) is 14.1. The lowest BCUT2D eigenvalue weighted by Crippen LogP contribution is -2.06. The van der Waals surface area contributed by atoms with Gasteiger partial charge in [-0.15, -0.1) is 10.2 Å². The van der Waals surface area contributed by atoms with Crippen LogP contribution in [0.3, 0.4) is 0 Å². The van der Waals surface area contributed by atoms with Crippen molar-refractivity contribution in [3.8, 4) is 28.6 Å². The number of carbonyl (C=O) groups is 1. The predicted molar refractivity (Wildman–Crippen MR) is 112 cm³/mol. The molecule has 3 rings (SSSR count). The normalized spacial score (nSPS) is 10.6. The van der Waals surface area contributed by atoms with E-state index in [0.717, 1.165) is 11.3 Å². The molecule has 7 nitrogen and oxygen atoms in total. The van der Waals surface area contributed by atoms with Crippen LogP contribution in [0.4, 0.5) is 0 Å². The van der Waals surface area contributed by atoms with Gasteiger partial charge in [-0.05, 0) is 37.3 Å². The number of methoxy groups -OCH3 is 3. The molecule has 8 heteroatoms. The molecule has 0 amide bonds. The Bertz CT molecular complexity index is 1000. The molecule has 1 aromatic heterocycles. The van der Waals surface area contributed by atoms with E-state index in [4.69, 9.17) is 14.2 Å². The van der Waals surface area contributed by atoms with Gasteiger partial charge in [0.05, 0.1) is 32.6 Å². The molecule has 1 heterocycles. The summed E-state index contributed by atoms with van der Waals surface area (Å²) >= 11 is 1.35. The summed E-state index contributed by atoms with van der Waals surface area (Å²) in [6.45, 7) is 2.69. The first-order valence-corrected chi connectivity index (χ1v) is 10.1. The van der Waals surface area contributed by atoms with Crippen LogP contribution in [-0.2, 0) is 6.54 Å². The van der Waals surface area contributed by atoms with Crippen LogP contribution in [0.15, 0.2) is 47.6 Å². The Kier molecular flexibility index (Phi) is 6.77. The summed E-state index contributed by atoms with van der Waals surface area (Å²) in [5, 5.41) is 9.30. The van der Waals surface area contributed by atoms with Gasteiger partial charge in [0.2, 0.25) is 0 Å². The summed E-state index contributed by atoms with van der Waals surface area (Å²) in [5.41, 5.74) is 1.42. The van der Waals surface area contributed by atoms with Gasteiger partial charge >= 0.3 is 0 Å². The molecule has 0 spiro atoms. The molecule has 0 N–H and O–H groups in total. The Balaban J connectivity index is 1.79. The number of Topliss-reactive ketones (excluding diaryl/α,β-unsaturated/α-hetero) is 1. The van der Waals surface area contributed by atoms with Crippen molar-refractivity contribution in [2.45, 2.75) is 18.6 Å². The van der Waals surface area contributed by atoms with Crippen LogP contribution in [0.2, 0.25) is 0 Å². The van der Waals surface area contributed by atoms with E-state index < -0.39 is 0 Å². The molecule has 0 radical (unpaired) electrons. The van der Waals surface area contributed by atoms with E-state index in [0.29, 0.717) is 34.6 Å². The quantitative estimate of drug-likeness (QED) is 0.388. The third-order valence-electron chi connectivity index (χ3n) is 4.42. The van der Waals surface area contributed by atoms with Crippen molar-refractivity contribution in [3.05, 3.63) is 48.0 Å². The summed E-state index contributed by atoms with van der Waals surface area (Å²) in [5.74, 6) is 2.76. The molecule has 29 heavy (non-hydrogen) atoms. The molecule has 0 aliphatic rings. The molecule has 2 aromatic carbocycles. The number of rotatable bonds is 9. The number of thioether (sulfide) groups is 1. The van der Waals surface area contributed by atoms with Crippen molar-refractivity contribution in [2.24, 2.45) is 0 Å². The maximum Gasteiger partial charge on any atom is 0.191 e. The minimum Gasteiger partial charge on any atom is -0.496 e. The second-order valence-electron chi connectivity index (χ2n) is 6.03. The smallest absolute Gasteiger partial charge is 0.191 e. The van der Waals surface area contributed by atoms with E-state index in [-0.39, 0.29) is 11.5 Å². The topological polar surface area (TPSA) is 75.5 Å². The van der Waals surface area contributed by atoms with Gasteiger partial charge in [0.25, 0.3) is 0 Å². The summed E-state index contributed by atoms with van der Waals surface area (Å²) in [6, 6.07) is 12.8. The molecule has 0 atom stereocenters. The largest absolute Gasteiger partial charge is 0.496 e. The van der Waals surface area contributed by atoms with Gasteiger partial charge in [0.1, 0.15) is 5.75 Å². The van der Waals surface area contributed by atoms with Gasteiger partial charge in [-0.25, -0.2) is 0 Å². The standard InChI is InChI=1S/C21H23N3O4S/c1-5-24-20(15-8-6-7-9-17(15)26-2)22-23-21(24)29-13-16(25)14-10-11-18(27-3)19(12-14)28-4/h6-12H,5,13H2,1-4H3. The van der Waals surface area contributed by atoms with Gasteiger partial charge in [-0.1, -0.05) is 23.9 Å². The maximum atomic E-state index is 12.7. The summed E-state index contributed by atoms with van der Waals surface area (Å²) in [4.78, 5) is 12.7. The highest BCUT2D eigenvalue weighted by molar-refractivity contribution is 7.99. The molecule has 0 aliphatic heterocycles. The Hall–Kier alpha value is -3.00. The Labute approximate surface area is 174 Å². The average molecular weight is 413 g/mol. The monoisotopic (exact) mass is 413 g/mol. The number of aromatic nitrogens is 3. The SMILES string of the molecule is CCn1c(SCC(=O)c2ccc(OC)c(OC)c2)nnc1-c1ccccc1OC. The number of carbonyl (C=O) groups excluding carboxylic acids is 1. The molecule has 0 aliphatic carbocycles. The Morgan fingerprint density at radius 3 is 2.38 bits per heavy atom. The molecule has 0 saturated carbocycles. The second kappa shape index (κ2) is 9.47. The number of ketones is 1. The van der Waals surface area contributed by atoms with Crippen LogP contribution in [0, 0.1) is 0 Å². The Morgan fingerprint density at radius 2 is 1.69 bits per heavy atom. The molecular formula is C21H23N3O4S. The van der Waals surface area contributed by atoms with Crippen molar-refractivity contribution in [1.29, 1.82) is 0 Å². The molecule has 0 unspecified atom stereocenters. The fourth-order valence-corrected chi connectivity index (χ4v) is 3.83.